The topological polar surface area (TPSA) is 49.8 Å². The van der Waals surface area contributed by atoms with Gasteiger partial charge in [0.2, 0.25) is 0 Å². The first-order valence-electron chi connectivity index (χ1n) is 17.9. The van der Waals surface area contributed by atoms with E-state index < -0.39 is 0 Å². The van der Waals surface area contributed by atoms with Crippen molar-refractivity contribution in [3.63, 3.8) is 0 Å². The second kappa shape index (κ2) is 22.5. The van der Waals surface area contributed by atoms with E-state index in [1.807, 2.05) is 0 Å². The lowest BCUT2D eigenvalue weighted by atomic mass is 10.1. The monoisotopic (exact) mass is 574 g/mol. The third-order valence-corrected chi connectivity index (χ3v) is 8.66. The minimum Gasteiger partial charge on any atom is -0.311 e. The van der Waals surface area contributed by atoms with E-state index in [2.05, 4.69) is 60.9 Å². The Balaban J connectivity index is 1.34. The Hall–Kier alpha value is -2.04. The average molecular weight is 575 g/mol. The molecule has 0 radical (unpaired) electrons. The quantitative estimate of drug-likeness (QED) is 0.0739. The summed E-state index contributed by atoms with van der Waals surface area (Å²) in [4.78, 5) is 10.1. The zero-order chi connectivity index (χ0) is 29.5. The summed E-state index contributed by atoms with van der Waals surface area (Å²) in [5.74, 6) is 0. The Bertz CT molecular complexity index is 1010. The standard InChI is InChI=1S/C38H62N4/c1-3-5-7-9-11-13-15-17-19-21-29-39-31-35-27-25-33-23-24-34-26-28-36(42-38(34)37(33)41-35)32-40-30-22-20-18-16-14-12-10-8-6-4-2/h23-28,39-40H,3-22,29-32H2,1-2H3. The number of nitrogens with one attached hydrogen (secondary N) is 2. The molecule has 2 heterocycles. The summed E-state index contributed by atoms with van der Waals surface area (Å²) < 4.78 is 0. The van der Waals surface area contributed by atoms with Crippen LogP contribution in [-0.4, -0.2) is 23.1 Å². The van der Waals surface area contributed by atoms with E-state index in [0.29, 0.717) is 0 Å². The minimum atomic E-state index is 0.823. The average Bonchev–Trinajstić information content (AvgIpc) is 3.02. The summed E-state index contributed by atoms with van der Waals surface area (Å²) in [5, 5.41) is 9.59. The zero-order valence-corrected chi connectivity index (χ0v) is 27.3. The molecule has 0 saturated heterocycles. The van der Waals surface area contributed by atoms with Crippen molar-refractivity contribution in [1.29, 1.82) is 0 Å². The van der Waals surface area contributed by atoms with Crippen LogP contribution in [0.15, 0.2) is 36.4 Å². The number of fused-ring (bicyclic) bond motifs is 3. The van der Waals surface area contributed by atoms with Crippen LogP contribution >= 0.6 is 0 Å². The van der Waals surface area contributed by atoms with Crippen molar-refractivity contribution in [3.8, 4) is 0 Å². The smallest absolute Gasteiger partial charge is 0.0968 e. The summed E-state index contributed by atoms with van der Waals surface area (Å²) in [6.07, 6.45) is 27.6. The largest absolute Gasteiger partial charge is 0.311 e. The van der Waals surface area contributed by atoms with E-state index in [1.54, 1.807) is 0 Å². The normalized spacial score (nSPS) is 11.7. The van der Waals surface area contributed by atoms with Crippen LogP contribution in [0.5, 0.6) is 0 Å². The van der Waals surface area contributed by atoms with Crippen molar-refractivity contribution in [3.05, 3.63) is 47.8 Å². The van der Waals surface area contributed by atoms with Crippen LogP contribution in [0.25, 0.3) is 21.8 Å². The number of rotatable bonds is 26. The number of hydrogen-bond donors (Lipinski definition) is 2. The number of unbranched alkanes of at least 4 members (excludes halogenated alkanes) is 18. The van der Waals surface area contributed by atoms with Gasteiger partial charge in [0.05, 0.1) is 22.4 Å². The van der Waals surface area contributed by atoms with Crippen LogP contribution in [0.2, 0.25) is 0 Å². The number of hydrogen-bond acceptors (Lipinski definition) is 4. The van der Waals surface area contributed by atoms with E-state index in [-0.39, 0.29) is 0 Å². The molecular weight excluding hydrogens is 512 g/mol. The summed E-state index contributed by atoms with van der Waals surface area (Å²) in [7, 11) is 0. The van der Waals surface area contributed by atoms with E-state index in [9.17, 15) is 0 Å². The number of aromatic nitrogens is 2. The molecule has 0 atom stereocenters. The highest BCUT2D eigenvalue weighted by atomic mass is 14.9. The molecule has 2 aromatic heterocycles. The number of benzene rings is 1. The molecule has 0 fully saturated rings. The van der Waals surface area contributed by atoms with Gasteiger partial charge in [0.25, 0.3) is 0 Å². The van der Waals surface area contributed by atoms with E-state index >= 15 is 0 Å². The van der Waals surface area contributed by atoms with Crippen molar-refractivity contribution in [2.75, 3.05) is 13.1 Å². The van der Waals surface area contributed by atoms with Crippen molar-refractivity contribution in [1.82, 2.24) is 20.6 Å². The van der Waals surface area contributed by atoms with Crippen LogP contribution in [0.1, 0.15) is 154 Å². The third kappa shape index (κ3) is 14.0. The predicted molar refractivity (Wildman–Crippen MR) is 184 cm³/mol. The van der Waals surface area contributed by atoms with Gasteiger partial charge < -0.3 is 10.6 Å². The van der Waals surface area contributed by atoms with Crippen LogP contribution in [0.3, 0.4) is 0 Å². The van der Waals surface area contributed by atoms with Gasteiger partial charge in [-0.25, -0.2) is 9.97 Å². The second-order valence-electron chi connectivity index (χ2n) is 12.5. The molecule has 0 aliphatic rings. The fourth-order valence-corrected chi connectivity index (χ4v) is 5.95. The van der Waals surface area contributed by atoms with Gasteiger partial charge in [-0.15, -0.1) is 0 Å². The van der Waals surface area contributed by atoms with Crippen molar-refractivity contribution >= 4 is 21.8 Å². The molecule has 3 aromatic rings. The van der Waals surface area contributed by atoms with Crippen molar-refractivity contribution < 1.29 is 0 Å². The molecule has 0 spiro atoms. The maximum Gasteiger partial charge on any atom is 0.0968 e. The van der Waals surface area contributed by atoms with Crippen LogP contribution in [-0.2, 0) is 13.1 Å². The Morgan fingerprint density at radius 2 is 0.714 bits per heavy atom. The van der Waals surface area contributed by atoms with Gasteiger partial charge in [-0.05, 0) is 38.1 Å². The van der Waals surface area contributed by atoms with Crippen LogP contribution in [0, 0.1) is 0 Å². The maximum absolute atomic E-state index is 5.05. The molecule has 0 amide bonds. The summed E-state index contributed by atoms with van der Waals surface area (Å²) in [5.41, 5.74) is 4.27. The first kappa shape index (κ1) is 34.5. The Morgan fingerprint density at radius 1 is 0.405 bits per heavy atom. The minimum absolute atomic E-state index is 0.823. The number of pyridine rings is 2. The molecule has 0 aliphatic carbocycles. The van der Waals surface area contributed by atoms with Gasteiger partial charge in [0, 0.05) is 23.9 Å². The van der Waals surface area contributed by atoms with Gasteiger partial charge in [-0.3, -0.25) is 0 Å². The SMILES string of the molecule is CCCCCCCCCCCCNCc1ccc2ccc3ccc(CNCCCCCCCCCCCC)nc3c2n1. The summed E-state index contributed by atoms with van der Waals surface area (Å²) in [6.45, 7) is 8.36. The summed E-state index contributed by atoms with van der Waals surface area (Å²) in [6, 6.07) is 13.1. The predicted octanol–water partition coefficient (Wildman–Crippen LogP) is 10.8. The molecule has 4 nitrogen and oxygen atoms in total. The Morgan fingerprint density at radius 3 is 1.07 bits per heavy atom. The fourth-order valence-electron chi connectivity index (χ4n) is 5.95. The Kier molecular flexibility index (Phi) is 18.4. The highest BCUT2D eigenvalue weighted by molar-refractivity contribution is 6.02. The molecule has 4 heteroatoms. The lowest BCUT2D eigenvalue weighted by molar-refractivity contribution is 0.542. The molecule has 0 aliphatic heterocycles. The maximum atomic E-state index is 5.05. The highest BCUT2D eigenvalue weighted by Gasteiger charge is 2.07. The van der Waals surface area contributed by atoms with Crippen molar-refractivity contribution in [2.24, 2.45) is 0 Å². The third-order valence-electron chi connectivity index (χ3n) is 8.66. The molecule has 2 N–H and O–H groups in total. The molecule has 0 saturated carbocycles. The van der Waals surface area contributed by atoms with Gasteiger partial charge in [-0.1, -0.05) is 154 Å². The first-order chi connectivity index (χ1) is 20.8. The molecule has 3 rings (SSSR count). The van der Waals surface area contributed by atoms with E-state index in [1.165, 1.54) is 139 Å². The van der Waals surface area contributed by atoms with Gasteiger partial charge in [0.15, 0.2) is 0 Å². The molecule has 0 bridgehead atoms. The lowest BCUT2D eigenvalue weighted by Gasteiger charge is -2.09. The fraction of sp³-hybridized carbons (Fsp3) is 0.684. The number of nitrogens with zero attached hydrogens (tertiary/aromatic N) is 2. The van der Waals surface area contributed by atoms with Crippen LogP contribution in [0.4, 0.5) is 0 Å². The second-order valence-corrected chi connectivity index (χ2v) is 12.5. The van der Waals surface area contributed by atoms with Gasteiger partial charge >= 0.3 is 0 Å². The molecule has 1 aromatic carbocycles. The molecular formula is C38H62N4. The summed E-state index contributed by atoms with van der Waals surface area (Å²) >= 11 is 0. The van der Waals surface area contributed by atoms with Gasteiger partial charge in [-0.2, -0.15) is 0 Å². The highest BCUT2D eigenvalue weighted by Crippen LogP contribution is 2.23. The van der Waals surface area contributed by atoms with Crippen molar-refractivity contribution in [2.45, 2.75) is 155 Å². The molecule has 0 unspecified atom stereocenters. The van der Waals surface area contributed by atoms with Gasteiger partial charge in [0.1, 0.15) is 0 Å². The van der Waals surface area contributed by atoms with E-state index in [0.717, 1.165) is 48.6 Å². The molecule has 42 heavy (non-hydrogen) atoms. The zero-order valence-electron chi connectivity index (χ0n) is 27.3. The Labute approximate surface area is 258 Å². The van der Waals surface area contributed by atoms with Crippen LogP contribution < -0.4 is 10.6 Å². The molecule has 234 valence electrons. The first-order valence-corrected chi connectivity index (χ1v) is 17.9. The lowest BCUT2D eigenvalue weighted by Crippen LogP contribution is -2.16. The van der Waals surface area contributed by atoms with E-state index in [4.69, 9.17) is 9.97 Å².